The number of aromatic nitrogens is 4. The van der Waals surface area contributed by atoms with E-state index in [0.29, 0.717) is 16.4 Å². The molecule has 0 spiro atoms. The number of nitrogens with one attached hydrogen (secondary N) is 1. The molecule has 0 fully saturated rings. The van der Waals surface area contributed by atoms with E-state index >= 15 is 0 Å². The zero-order valence-corrected chi connectivity index (χ0v) is 12.6. The molecule has 1 heterocycles. The summed E-state index contributed by atoms with van der Waals surface area (Å²) in [6, 6.07) is 4.54. The van der Waals surface area contributed by atoms with Crippen molar-refractivity contribution in [3.8, 4) is 5.69 Å². The van der Waals surface area contributed by atoms with Crippen LogP contribution in [0.4, 0.5) is 5.69 Å². The first-order chi connectivity index (χ1) is 10.0. The SMILES string of the molecule is CCC(C)[C@H](N)C(=O)Nc1cc(-n2cnnn2)ccc1Cl. The highest BCUT2D eigenvalue weighted by molar-refractivity contribution is 6.33. The van der Waals surface area contributed by atoms with Crippen molar-refractivity contribution < 1.29 is 4.79 Å². The highest BCUT2D eigenvalue weighted by Crippen LogP contribution is 2.25. The number of rotatable bonds is 5. The highest BCUT2D eigenvalue weighted by Gasteiger charge is 2.20. The van der Waals surface area contributed by atoms with Gasteiger partial charge in [0.15, 0.2) is 0 Å². The summed E-state index contributed by atoms with van der Waals surface area (Å²) in [6.07, 6.45) is 2.28. The maximum Gasteiger partial charge on any atom is 0.241 e. The smallest absolute Gasteiger partial charge is 0.241 e. The Labute approximate surface area is 127 Å². The molecule has 1 unspecified atom stereocenters. The van der Waals surface area contributed by atoms with Gasteiger partial charge in [-0.25, -0.2) is 4.68 Å². The molecule has 1 aromatic heterocycles. The van der Waals surface area contributed by atoms with Gasteiger partial charge in [-0.1, -0.05) is 31.9 Å². The third kappa shape index (κ3) is 3.56. The lowest BCUT2D eigenvalue weighted by Gasteiger charge is -2.18. The highest BCUT2D eigenvalue weighted by atomic mass is 35.5. The Hall–Kier alpha value is -1.99. The van der Waals surface area contributed by atoms with E-state index in [2.05, 4.69) is 20.8 Å². The Morgan fingerprint density at radius 2 is 2.29 bits per heavy atom. The molecule has 8 heteroatoms. The summed E-state index contributed by atoms with van der Waals surface area (Å²) >= 11 is 6.10. The summed E-state index contributed by atoms with van der Waals surface area (Å²) in [5, 5.41) is 14.1. The third-order valence-corrected chi connectivity index (χ3v) is 3.71. The number of anilines is 1. The molecule has 2 aromatic rings. The van der Waals surface area contributed by atoms with Gasteiger partial charge in [0.1, 0.15) is 6.33 Å². The molecule has 0 radical (unpaired) electrons. The molecule has 7 nitrogen and oxygen atoms in total. The number of benzene rings is 1. The minimum atomic E-state index is -0.581. The van der Waals surface area contributed by atoms with E-state index < -0.39 is 6.04 Å². The third-order valence-electron chi connectivity index (χ3n) is 3.38. The van der Waals surface area contributed by atoms with Crippen LogP contribution in [0.3, 0.4) is 0 Å². The number of carbonyl (C=O) groups excluding carboxylic acids is 1. The van der Waals surface area contributed by atoms with Crippen LogP contribution in [-0.2, 0) is 4.79 Å². The van der Waals surface area contributed by atoms with Gasteiger partial charge in [-0.2, -0.15) is 0 Å². The zero-order chi connectivity index (χ0) is 15.4. The number of nitrogens with two attached hydrogens (primary N) is 1. The Bertz CT molecular complexity index is 615. The maximum absolute atomic E-state index is 12.1. The Balaban J connectivity index is 2.20. The Morgan fingerprint density at radius 3 is 2.90 bits per heavy atom. The average molecular weight is 309 g/mol. The van der Waals surface area contributed by atoms with Crippen molar-refractivity contribution in [3.63, 3.8) is 0 Å². The monoisotopic (exact) mass is 308 g/mol. The van der Waals surface area contributed by atoms with Gasteiger partial charge >= 0.3 is 0 Å². The van der Waals surface area contributed by atoms with Crippen molar-refractivity contribution in [2.45, 2.75) is 26.3 Å². The second kappa shape index (κ2) is 6.64. The summed E-state index contributed by atoms with van der Waals surface area (Å²) in [7, 11) is 0. The number of amides is 1. The van der Waals surface area contributed by atoms with E-state index in [9.17, 15) is 4.79 Å². The molecule has 2 atom stereocenters. The van der Waals surface area contributed by atoms with Gasteiger partial charge in [0, 0.05) is 0 Å². The van der Waals surface area contributed by atoms with Crippen LogP contribution in [0, 0.1) is 5.92 Å². The lowest BCUT2D eigenvalue weighted by atomic mass is 9.99. The van der Waals surface area contributed by atoms with E-state index in [1.165, 1.54) is 11.0 Å². The lowest BCUT2D eigenvalue weighted by molar-refractivity contribution is -0.118. The number of carbonyl (C=O) groups is 1. The first-order valence-electron chi connectivity index (χ1n) is 6.62. The van der Waals surface area contributed by atoms with E-state index in [1.54, 1.807) is 18.2 Å². The molecule has 1 amide bonds. The predicted octanol–water partition coefficient (Wildman–Crippen LogP) is 1.63. The summed E-state index contributed by atoms with van der Waals surface area (Å²) in [4.78, 5) is 12.1. The molecular formula is C13H17ClN6O. The molecule has 0 aliphatic rings. The minimum Gasteiger partial charge on any atom is -0.323 e. The van der Waals surface area contributed by atoms with Crippen LogP contribution in [0.5, 0.6) is 0 Å². The summed E-state index contributed by atoms with van der Waals surface area (Å²) in [5.74, 6) is -0.174. The van der Waals surface area contributed by atoms with Crippen LogP contribution in [0.2, 0.25) is 5.02 Å². The van der Waals surface area contributed by atoms with Gasteiger partial charge in [-0.3, -0.25) is 4.79 Å². The van der Waals surface area contributed by atoms with Gasteiger partial charge in [0.05, 0.1) is 22.4 Å². The molecular weight excluding hydrogens is 292 g/mol. The molecule has 0 saturated heterocycles. The van der Waals surface area contributed by atoms with E-state index in [4.69, 9.17) is 17.3 Å². The first-order valence-corrected chi connectivity index (χ1v) is 7.00. The van der Waals surface area contributed by atoms with Crippen molar-refractivity contribution in [1.82, 2.24) is 20.2 Å². The molecule has 21 heavy (non-hydrogen) atoms. The number of nitrogens with zero attached hydrogens (tertiary/aromatic N) is 4. The Morgan fingerprint density at radius 1 is 1.52 bits per heavy atom. The fourth-order valence-electron chi connectivity index (χ4n) is 1.76. The van der Waals surface area contributed by atoms with Crippen LogP contribution in [0.15, 0.2) is 24.5 Å². The number of hydrogen-bond donors (Lipinski definition) is 2. The normalized spacial score (nSPS) is 13.7. The average Bonchev–Trinajstić information content (AvgIpc) is 3.02. The first kappa shape index (κ1) is 15.4. The molecule has 2 rings (SSSR count). The van der Waals surface area contributed by atoms with Crippen LogP contribution in [0.1, 0.15) is 20.3 Å². The van der Waals surface area contributed by atoms with Crippen LogP contribution in [-0.4, -0.2) is 32.2 Å². The quantitative estimate of drug-likeness (QED) is 0.874. The summed E-state index contributed by atoms with van der Waals surface area (Å²) in [5.41, 5.74) is 7.08. The largest absolute Gasteiger partial charge is 0.323 e. The molecule has 0 bridgehead atoms. The van der Waals surface area contributed by atoms with E-state index in [1.807, 2.05) is 13.8 Å². The van der Waals surface area contributed by atoms with Crippen molar-refractivity contribution in [1.29, 1.82) is 0 Å². The maximum atomic E-state index is 12.1. The minimum absolute atomic E-state index is 0.0893. The molecule has 112 valence electrons. The lowest BCUT2D eigenvalue weighted by Crippen LogP contribution is -2.40. The van der Waals surface area contributed by atoms with E-state index in [0.717, 1.165) is 6.42 Å². The molecule has 0 saturated carbocycles. The van der Waals surface area contributed by atoms with Gasteiger partial charge < -0.3 is 11.1 Å². The fourth-order valence-corrected chi connectivity index (χ4v) is 1.92. The Kier molecular flexibility index (Phi) is 4.87. The summed E-state index contributed by atoms with van der Waals surface area (Å²) < 4.78 is 1.47. The van der Waals surface area contributed by atoms with Gasteiger partial charge in [-0.05, 0) is 34.5 Å². The molecule has 3 N–H and O–H groups in total. The van der Waals surface area contributed by atoms with Crippen molar-refractivity contribution in [3.05, 3.63) is 29.5 Å². The molecule has 0 aliphatic carbocycles. The van der Waals surface area contributed by atoms with Crippen LogP contribution in [0.25, 0.3) is 5.69 Å². The van der Waals surface area contributed by atoms with Gasteiger partial charge in [0.2, 0.25) is 5.91 Å². The topological polar surface area (TPSA) is 98.7 Å². The molecule has 0 aliphatic heterocycles. The number of hydrogen-bond acceptors (Lipinski definition) is 5. The van der Waals surface area contributed by atoms with Crippen molar-refractivity contribution >= 4 is 23.2 Å². The van der Waals surface area contributed by atoms with Gasteiger partial charge in [-0.15, -0.1) is 5.10 Å². The number of tetrazole rings is 1. The van der Waals surface area contributed by atoms with Crippen molar-refractivity contribution in [2.24, 2.45) is 11.7 Å². The van der Waals surface area contributed by atoms with Crippen LogP contribution >= 0.6 is 11.6 Å². The van der Waals surface area contributed by atoms with E-state index in [-0.39, 0.29) is 11.8 Å². The fraction of sp³-hybridized carbons (Fsp3) is 0.385. The predicted molar refractivity (Wildman–Crippen MR) is 80.2 cm³/mol. The van der Waals surface area contributed by atoms with Gasteiger partial charge in [0.25, 0.3) is 0 Å². The summed E-state index contributed by atoms with van der Waals surface area (Å²) in [6.45, 7) is 3.92. The van der Waals surface area contributed by atoms with Crippen LogP contribution < -0.4 is 11.1 Å². The molecule has 1 aromatic carbocycles. The number of halogens is 1. The zero-order valence-electron chi connectivity index (χ0n) is 11.8. The second-order valence-corrected chi connectivity index (χ2v) is 5.23. The standard InChI is InChI=1S/C13H17ClN6O/c1-3-8(2)12(15)13(21)17-11-6-9(4-5-10(11)14)20-7-16-18-19-20/h4-8,12H,3,15H2,1-2H3,(H,17,21)/t8?,12-/m0/s1. The second-order valence-electron chi connectivity index (χ2n) is 4.82. The van der Waals surface area contributed by atoms with Crippen molar-refractivity contribution in [2.75, 3.05) is 5.32 Å².